The molecule has 6 heteroatoms. The highest BCUT2D eigenvalue weighted by molar-refractivity contribution is 6.02. The zero-order valence-electron chi connectivity index (χ0n) is 9.25. The van der Waals surface area contributed by atoms with Gasteiger partial charge in [0.25, 0.3) is 5.91 Å². The predicted molar refractivity (Wildman–Crippen MR) is 57.5 cm³/mol. The fourth-order valence-electron chi connectivity index (χ4n) is 1.48. The lowest BCUT2D eigenvalue weighted by molar-refractivity contribution is -0.126. The molecule has 0 radical (unpaired) electrons. The van der Waals surface area contributed by atoms with E-state index in [9.17, 15) is 18.4 Å². The average Bonchev–Trinajstić information content (AvgIpc) is 2.20. The van der Waals surface area contributed by atoms with Gasteiger partial charge in [-0.25, -0.2) is 4.79 Å². The standard InChI is InChI=1S/C11H11F2NO3/c1-5-3-6(2)8(7(4-5)11(16)17)14-10(15)9(12)13/h3-4,9H,1-2H3,(H,14,15)(H,16,17). The van der Waals surface area contributed by atoms with Crippen LogP contribution in [0.2, 0.25) is 0 Å². The molecule has 0 fully saturated rings. The Hall–Kier alpha value is -1.98. The quantitative estimate of drug-likeness (QED) is 0.855. The summed E-state index contributed by atoms with van der Waals surface area (Å²) in [6.07, 6.45) is -3.18. The number of carbonyl (C=O) groups excluding carboxylic acids is 1. The van der Waals surface area contributed by atoms with Gasteiger partial charge in [-0.1, -0.05) is 6.07 Å². The van der Waals surface area contributed by atoms with E-state index < -0.39 is 18.3 Å². The van der Waals surface area contributed by atoms with Gasteiger partial charge in [-0.05, 0) is 31.0 Å². The Morgan fingerprint density at radius 1 is 1.29 bits per heavy atom. The van der Waals surface area contributed by atoms with Crippen LogP contribution in [0.25, 0.3) is 0 Å². The molecule has 0 atom stereocenters. The van der Waals surface area contributed by atoms with E-state index in [1.165, 1.54) is 6.07 Å². The number of alkyl halides is 2. The van der Waals surface area contributed by atoms with E-state index in [-0.39, 0.29) is 11.3 Å². The van der Waals surface area contributed by atoms with Crippen LogP contribution in [0, 0.1) is 13.8 Å². The van der Waals surface area contributed by atoms with Crippen LogP contribution in [0.4, 0.5) is 14.5 Å². The molecule has 0 saturated carbocycles. The number of carboxylic acid groups (broad SMARTS) is 1. The second-order valence-corrected chi connectivity index (χ2v) is 3.60. The lowest BCUT2D eigenvalue weighted by atomic mass is 10.0. The third-order valence-electron chi connectivity index (χ3n) is 2.16. The number of nitrogens with one attached hydrogen (secondary N) is 1. The smallest absolute Gasteiger partial charge is 0.337 e. The average molecular weight is 243 g/mol. The summed E-state index contributed by atoms with van der Waals surface area (Å²) >= 11 is 0. The lowest BCUT2D eigenvalue weighted by Crippen LogP contribution is -2.22. The minimum Gasteiger partial charge on any atom is -0.478 e. The first-order valence-corrected chi connectivity index (χ1v) is 4.76. The molecule has 0 saturated heterocycles. The summed E-state index contributed by atoms with van der Waals surface area (Å²) in [5, 5.41) is 10.8. The van der Waals surface area contributed by atoms with Crippen molar-refractivity contribution < 1.29 is 23.5 Å². The van der Waals surface area contributed by atoms with E-state index in [1.807, 2.05) is 5.32 Å². The van der Waals surface area contributed by atoms with E-state index in [4.69, 9.17) is 5.11 Å². The molecule has 0 aliphatic rings. The van der Waals surface area contributed by atoms with Gasteiger partial charge in [0.2, 0.25) is 0 Å². The van der Waals surface area contributed by atoms with Crippen molar-refractivity contribution in [2.24, 2.45) is 0 Å². The molecule has 2 N–H and O–H groups in total. The van der Waals surface area contributed by atoms with E-state index >= 15 is 0 Å². The van der Waals surface area contributed by atoms with Crippen LogP contribution in [-0.2, 0) is 4.79 Å². The highest BCUT2D eigenvalue weighted by Crippen LogP contribution is 2.23. The van der Waals surface area contributed by atoms with Crippen LogP contribution in [0.15, 0.2) is 12.1 Å². The summed E-state index contributed by atoms with van der Waals surface area (Å²) in [6.45, 7) is 3.22. The van der Waals surface area contributed by atoms with Crippen molar-refractivity contribution in [3.8, 4) is 0 Å². The van der Waals surface area contributed by atoms with Crippen molar-refractivity contribution in [1.82, 2.24) is 0 Å². The van der Waals surface area contributed by atoms with Crippen molar-refractivity contribution in [3.05, 3.63) is 28.8 Å². The number of rotatable bonds is 3. The van der Waals surface area contributed by atoms with Gasteiger partial charge in [0.05, 0.1) is 11.3 Å². The van der Waals surface area contributed by atoms with Crippen LogP contribution in [-0.4, -0.2) is 23.4 Å². The first kappa shape index (κ1) is 13.1. The molecule has 1 amide bonds. The van der Waals surface area contributed by atoms with E-state index in [2.05, 4.69) is 0 Å². The Balaban J connectivity index is 3.22. The van der Waals surface area contributed by atoms with E-state index in [1.54, 1.807) is 19.9 Å². The second-order valence-electron chi connectivity index (χ2n) is 3.60. The summed E-state index contributed by atoms with van der Waals surface area (Å²) in [5.41, 5.74) is 0.816. The van der Waals surface area contributed by atoms with Crippen molar-refractivity contribution in [1.29, 1.82) is 0 Å². The summed E-state index contributed by atoms with van der Waals surface area (Å²) in [4.78, 5) is 21.8. The van der Waals surface area contributed by atoms with Crippen molar-refractivity contribution in [3.63, 3.8) is 0 Å². The van der Waals surface area contributed by atoms with Gasteiger partial charge in [-0.2, -0.15) is 8.78 Å². The van der Waals surface area contributed by atoms with Crippen molar-refractivity contribution >= 4 is 17.6 Å². The predicted octanol–water partition coefficient (Wildman–Crippen LogP) is 2.21. The molecule has 1 rings (SSSR count). The third-order valence-corrected chi connectivity index (χ3v) is 2.16. The van der Waals surface area contributed by atoms with Crippen LogP contribution in [0.1, 0.15) is 21.5 Å². The van der Waals surface area contributed by atoms with Gasteiger partial charge in [0, 0.05) is 0 Å². The molecule has 1 aromatic rings. The number of carbonyl (C=O) groups is 2. The van der Waals surface area contributed by atoms with Crippen molar-refractivity contribution in [2.75, 3.05) is 5.32 Å². The maximum atomic E-state index is 12.1. The highest BCUT2D eigenvalue weighted by Gasteiger charge is 2.20. The van der Waals surface area contributed by atoms with Crippen LogP contribution >= 0.6 is 0 Å². The SMILES string of the molecule is Cc1cc(C)c(NC(=O)C(F)F)c(C(=O)O)c1. The summed E-state index contributed by atoms with van der Waals surface area (Å²) < 4.78 is 24.2. The van der Waals surface area contributed by atoms with Gasteiger partial charge in [0.1, 0.15) is 0 Å². The van der Waals surface area contributed by atoms with Gasteiger partial charge < -0.3 is 10.4 Å². The Labute approximate surface area is 96.3 Å². The number of carboxylic acids is 1. The summed E-state index contributed by atoms with van der Waals surface area (Å²) in [6, 6.07) is 2.92. The first-order valence-electron chi connectivity index (χ1n) is 4.76. The molecule has 0 bridgehead atoms. The number of halogens is 2. The van der Waals surface area contributed by atoms with E-state index in [0.717, 1.165) is 0 Å². The minimum absolute atomic E-state index is 0.0894. The highest BCUT2D eigenvalue weighted by atomic mass is 19.3. The monoisotopic (exact) mass is 243 g/mol. The molecular formula is C11H11F2NO3. The Morgan fingerprint density at radius 3 is 2.35 bits per heavy atom. The molecule has 0 aromatic heterocycles. The molecule has 92 valence electrons. The largest absolute Gasteiger partial charge is 0.478 e. The maximum Gasteiger partial charge on any atom is 0.337 e. The molecule has 0 heterocycles. The van der Waals surface area contributed by atoms with Crippen molar-refractivity contribution in [2.45, 2.75) is 20.3 Å². The summed E-state index contributed by atoms with van der Waals surface area (Å²) in [7, 11) is 0. The van der Waals surface area contributed by atoms with Crippen LogP contribution in [0.5, 0.6) is 0 Å². The number of aromatic carboxylic acids is 1. The maximum absolute atomic E-state index is 12.1. The van der Waals surface area contributed by atoms with Gasteiger partial charge >= 0.3 is 12.4 Å². The third kappa shape index (κ3) is 2.99. The molecule has 0 aliphatic carbocycles. The number of aryl methyl sites for hydroxylation is 2. The zero-order valence-corrected chi connectivity index (χ0v) is 9.25. The Bertz CT molecular complexity index is 472. The minimum atomic E-state index is -3.18. The molecule has 0 aliphatic heterocycles. The number of hydrogen-bond acceptors (Lipinski definition) is 2. The molecule has 0 spiro atoms. The van der Waals surface area contributed by atoms with Gasteiger partial charge in [0.15, 0.2) is 0 Å². The molecular weight excluding hydrogens is 232 g/mol. The Kier molecular flexibility index (Phi) is 3.77. The summed E-state index contributed by atoms with van der Waals surface area (Å²) in [5.74, 6) is -2.79. The number of hydrogen-bond donors (Lipinski definition) is 2. The normalized spacial score (nSPS) is 10.4. The van der Waals surface area contributed by atoms with E-state index in [0.29, 0.717) is 11.1 Å². The van der Waals surface area contributed by atoms with Gasteiger partial charge in [-0.3, -0.25) is 4.79 Å². The van der Waals surface area contributed by atoms with Crippen LogP contribution in [0.3, 0.4) is 0 Å². The second kappa shape index (κ2) is 4.90. The number of amides is 1. The Morgan fingerprint density at radius 2 is 1.88 bits per heavy atom. The topological polar surface area (TPSA) is 66.4 Å². The van der Waals surface area contributed by atoms with Crippen LogP contribution < -0.4 is 5.32 Å². The fraction of sp³-hybridized carbons (Fsp3) is 0.273. The fourth-order valence-corrected chi connectivity index (χ4v) is 1.48. The van der Waals surface area contributed by atoms with Gasteiger partial charge in [-0.15, -0.1) is 0 Å². The molecule has 17 heavy (non-hydrogen) atoms. The molecule has 4 nitrogen and oxygen atoms in total. The lowest BCUT2D eigenvalue weighted by Gasteiger charge is -2.12. The number of benzene rings is 1. The number of anilines is 1. The first-order chi connectivity index (χ1) is 7.82. The zero-order chi connectivity index (χ0) is 13.2. The molecule has 0 unspecified atom stereocenters. The molecule has 1 aromatic carbocycles.